The molecule has 1 aromatic carbocycles. The van der Waals surface area contributed by atoms with Gasteiger partial charge in [-0.05, 0) is 51.9 Å². The van der Waals surface area contributed by atoms with Gasteiger partial charge in [-0.2, -0.15) is 5.10 Å². The molecule has 0 bridgehead atoms. The molecule has 5 rings (SSSR count). The minimum Gasteiger partial charge on any atom is -0.380 e. The average Bonchev–Trinajstić information content (AvgIpc) is 3.49. The highest BCUT2D eigenvalue weighted by atomic mass is 16.3. The molecule has 3 aliphatic rings. The number of aromatic nitrogens is 2. The SMILES string of the molecule is CN(C)CCC(=O)N1CCC(n2cc(CNc3cccc4c3C(=O)N(C3CCC(O)NC3=O)C4=O)cn2)CC1. The number of rotatable bonds is 8. The summed E-state index contributed by atoms with van der Waals surface area (Å²) in [6.45, 7) is 2.57. The van der Waals surface area contributed by atoms with Crippen LogP contribution in [0.4, 0.5) is 5.69 Å². The van der Waals surface area contributed by atoms with Crippen molar-refractivity contribution >= 4 is 29.3 Å². The van der Waals surface area contributed by atoms with Gasteiger partial charge in [0.05, 0.1) is 23.4 Å². The Morgan fingerprint density at radius 1 is 1.13 bits per heavy atom. The minimum atomic E-state index is -0.967. The van der Waals surface area contributed by atoms with Gasteiger partial charge in [0.2, 0.25) is 11.8 Å². The normalized spacial score (nSPS) is 21.9. The summed E-state index contributed by atoms with van der Waals surface area (Å²) < 4.78 is 1.95. The summed E-state index contributed by atoms with van der Waals surface area (Å²) in [4.78, 5) is 56.1. The van der Waals surface area contributed by atoms with Crippen LogP contribution >= 0.6 is 0 Å². The fraction of sp³-hybridized carbons (Fsp3) is 0.519. The first-order valence-electron chi connectivity index (χ1n) is 13.4. The fourth-order valence-corrected chi connectivity index (χ4v) is 5.48. The number of carbonyl (C=O) groups excluding carboxylic acids is 4. The molecule has 0 saturated carbocycles. The predicted octanol–water partition coefficient (Wildman–Crippen LogP) is 0.803. The van der Waals surface area contributed by atoms with Gasteiger partial charge in [-0.1, -0.05) is 6.07 Å². The molecule has 39 heavy (non-hydrogen) atoms. The fourth-order valence-electron chi connectivity index (χ4n) is 5.48. The Balaban J connectivity index is 1.20. The molecule has 2 fully saturated rings. The summed E-state index contributed by atoms with van der Waals surface area (Å²) >= 11 is 0. The van der Waals surface area contributed by atoms with E-state index < -0.39 is 30.0 Å². The second kappa shape index (κ2) is 11.1. The summed E-state index contributed by atoms with van der Waals surface area (Å²) in [5, 5.41) is 19.9. The van der Waals surface area contributed by atoms with Crippen LogP contribution in [0.3, 0.4) is 0 Å². The Hall–Kier alpha value is -3.77. The van der Waals surface area contributed by atoms with Crippen LogP contribution in [-0.2, 0) is 16.1 Å². The third-order valence-corrected chi connectivity index (χ3v) is 7.69. The molecular formula is C27H35N7O5. The lowest BCUT2D eigenvalue weighted by molar-refractivity contribution is -0.133. The van der Waals surface area contributed by atoms with E-state index in [1.54, 1.807) is 24.4 Å². The van der Waals surface area contributed by atoms with Crippen molar-refractivity contribution in [3.8, 4) is 0 Å². The minimum absolute atomic E-state index is 0.191. The molecule has 12 heteroatoms. The van der Waals surface area contributed by atoms with Crippen LogP contribution < -0.4 is 10.6 Å². The van der Waals surface area contributed by atoms with E-state index in [1.165, 1.54) is 0 Å². The second-order valence-electron chi connectivity index (χ2n) is 10.7. The number of aliphatic hydroxyl groups is 1. The number of nitrogens with zero attached hydrogens (tertiary/aromatic N) is 5. The molecule has 12 nitrogen and oxygen atoms in total. The predicted molar refractivity (Wildman–Crippen MR) is 142 cm³/mol. The molecule has 208 valence electrons. The first-order valence-corrected chi connectivity index (χ1v) is 13.4. The van der Waals surface area contributed by atoms with Gasteiger partial charge in [0, 0.05) is 50.0 Å². The number of fused-ring (bicyclic) bond motifs is 1. The molecule has 4 heterocycles. The summed E-state index contributed by atoms with van der Waals surface area (Å²) in [5.41, 5.74) is 1.94. The number of hydrogen-bond donors (Lipinski definition) is 3. The van der Waals surface area contributed by atoms with Gasteiger partial charge in [-0.15, -0.1) is 0 Å². The summed E-state index contributed by atoms with van der Waals surface area (Å²) in [6.07, 6.45) is 5.47. The van der Waals surface area contributed by atoms with E-state index in [0.717, 1.165) is 29.8 Å². The van der Waals surface area contributed by atoms with Crippen LogP contribution in [-0.4, -0.2) is 99.2 Å². The molecule has 2 saturated heterocycles. The lowest BCUT2D eigenvalue weighted by Crippen LogP contribution is -2.55. The van der Waals surface area contributed by atoms with Gasteiger partial charge in [0.1, 0.15) is 12.3 Å². The molecule has 0 spiro atoms. The van der Waals surface area contributed by atoms with E-state index >= 15 is 0 Å². The highest BCUT2D eigenvalue weighted by molar-refractivity contribution is 6.25. The molecule has 2 atom stereocenters. The Bertz CT molecular complexity index is 1270. The van der Waals surface area contributed by atoms with E-state index in [9.17, 15) is 24.3 Å². The van der Waals surface area contributed by atoms with Crippen LogP contribution in [0.5, 0.6) is 0 Å². The quantitative estimate of drug-likeness (QED) is 0.420. The van der Waals surface area contributed by atoms with Crippen molar-refractivity contribution in [3.63, 3.8) is 0 Å². The number of benzene rings is 1. The molecule has 3 N–H and O–H groups in total. The lowest BCUT2D eigenvalue weighted by Gasteiger charge is -2.32. The maximum absolute atomic E-state index is 13.3. The van der Waals surface area contributed by atoms with E-state index in [-0.39, 0.29) is 35.9 Å². The lowest BCUT2D eigenvalue weighted by atomic mass is 10.0. The van der Waals surface area contributed by atoms with Crippen molar-refractivity contribution in [2.45, 2.75) is 57.0 Å². The zero-order valence-electron chi connectivity index (χ0n) is 22.3. The molecule has 0 radical (unpaired) electrons. The van der Waals surface area contributed by atoms with Crippen LogP contribution in [0, 0.1) is 0 Å². The van der Waals surface area contributed by atoms with Crippen molar-refractivity contribution in [2.24, 2.45) is 0 Å². The van der Waals surface area contributed by atoms with Gasteiger partial charge >= 0.3 is 0 Å². The van der Waals surface area contributed by atoms with Crippen molar-refractivity contribution < 1.29 is 24.3 Å². The van der Waals surface area contributed by atoms with Gasteiger partial charge in [-0.3, -0.25) is 28.8 Å². The van der Waals surface area contributed by atoms with E-state index in [4.69, 9.17) is 0 Å². The van der Waals surface area contributed by atoms with Crippen LogP contribution in [0.25, 0.3) is 0 Å². The highest BCUT2D eigenvalue weighted by Gasteiger charge is 2.45. The maximum atomic E-state index is 13.3. The van der Waals surface area contributed by atoms with Crippen molar-refractivity contribution in [1.29, 1.82) is 0 Å². The topological polar surface area (TPSA) is 140 Å². The highest BCUT2D eigenvalue weighted by Crippen LogP contribution is 2.33. The largest absolute Gasteiger partial charge is 0.380 e. The van der Waals surface area contributed by atoms with Crippen LogP contribution in [0.15, 0.2) is 30.6 Å². The molecule has 1 aromatic heterocycles. The number of likely N-dealkylation sites (tertiary alicyclic amines) is 1. The molecular weight excluding hydrogens is 502 g/mol. The number of imide groups is 1. The van der Waals surface area contributed by atoms with E-state index in [2.05, 4.69) is 15.7 Å². The van der Waals surface area contributed by atoms with Gasteiger partial charge in [-0.25, -0.2) is 0 Å². The molecule has 0 aliphatic carbocycles. The Morgan fingerprint density at radius 3 is 2.62 bits per heavy atom. The van der Waals surface area contributed by atoms with Crippen LogP contribution in [0.2, 0.25) is 0 Å². The first kappa shape index (κ1) is 26.8. The smallest absolute Gasteiger partial charge is 0.264 e. The van der Waals surface area contributed by atoms with Gasteiger partial charge in [0.25, 0.3) is 11.8 Å². The van der Waals surface area contributed by atoms with Gasteiger partial charge < -0.3 is 25.5 Å². The Labute approximate surface area is 226 Å². The molecule has 3 aliphatic heterocycles. The summed E-state index contributed by atoms with van der Waals surface area (Å²) in [5.74, 6) is -1.36. The van der Waals surface area contributed by atoms with Gasteiger partial charge in [0.15, 0.2) is 0 Å². The second-order valence-corrected chi connectivity index (χ2v) is 10.7. The Morgan fingerprint density at radius 2 is 1.90 bits per heavy atom. The zero-order valence-corrected chi connectivity index (χ0v) is 22.3. The molecule has 2 unspecified atom stereocenters. The Kier molecular flexibility index (Phi) is 7.67. The van der Waals surface area contributed by atoms with Crippen molar-refractivity contribution in [1.82, 2.24) is 29.8 Å². The standard InChI is InChI=1S/C27H35N7O5/c1-31(2)11-10-23(36)32-12-8-18(9-13-32)33-16-17(15-29-33)14-28-20-5-3-4-19-24(20)27(39)34(26(19)38)21-6-7-22(35)30-25(21)37/h3-5,15-16,18,21-22,28,35H,6-14H2,1-2H3,(H,30,37). The number of piperidine rings is 2. The third-order valence-electron chi connectivity index (χ3n) is 7.69. The average molecular weight is 538 g/mol. The zero-order chi connectivity index (χ0) is 27.7. The molecule has 4 amide bonds. The monoisotopic (exact) mass is 537 g/mol. The number of carbonyl (C=O) groups is 4. The number of amides is 4. The number of anilines is 1. The maximum Gasteiger partial charge on any atom is 0.264 e. The molecule has 2 aromatic rings. The van der Waals surface area contributed by atoms with E-state index in [0.29, 0.717) is 31.7 Å². The first-order chi connectivity index (χ1) is 18.7. The number of hydrogen-bond acceptors (Lipinski definition) is 8. The van der Waals surface area contributed by atoms with Crippen molar-refractivity contribution in [2.75, 3.05) is 39.0 Å². The summed E-state index contributed by atoms with van der Waals surface area (Å²) in [7, 11) is 3.93. The van der Waals surface area contributed by atoms with E-state index in [1.807, 2.05) is 34.8 Å². The summed E-state index contributed by atoms with van der Waals surface area (Å²) in [6, 6.07) is 4.31. The number of aliphatic hydroxyl groups excluding tert-OH is 1. The number of nitrogens with one attached hydrogen (secondary N) is 2. The van der Waals surface area contributed by atoms with Crippen molar-refractivity contribution in [3.05, 3.63) is 47.3 Å². The third kappa shape index (κ3) is 5.52. The van der Waals surface area contributed by atoms with Crippen LogP contribution in [0.1, 0.15) is 64.4 Å².